The normalized spacial score (nSPS) is 11.8. The molecule has 1 heterocycles. The molecule has 2 aromatic rings. The average molecular weight is 356 g/mol. The van der Waals surface area contributed by atoms with Crippen molar-refractivity contribution in [3.8, 4) is 0 Å². The zero-order valence-corrected chi connectivity index (χ0v) is 14.0. The topological polar surface area (TPSA) is 93.0 Å². The molecule has 1 aromatic carbocycles. The van der Waals surface area contributed by atoms with Gasteiger partial charge in [-0.15, -0.1) is 0 Å². The highest BCUT2D eigenvalue weighted by Gasteiger charge is 2.24. The third-order valence-electron chi connectivity index (χ3n) is 3.18. The highest BCUT2D eigenvalue weighted by molar-refractivity contribution is 6.35. The second-order valence-electron chi connectivity index (χ2n) is 4.88. The van der Waals surface area contributed by atoms with E-state index in [9.17, 15) is 10.1 Å². The molecule has 122 valence electrons. The largest absolute Gasteiger partial charge is 0.362 e. The number of hydrogen-bond acceptors (Lipinski definition) is 6. The van der Waals surface area contributed by atoms with Gasteiger partial charge in [0, 0.05) is 11.1 Å². The Morgan fingerprint density at radius 3 is 2.65 bits per heavy atom. The number of rotatable bonds is 6. The molecule has 0 fully saturated rings. The van der Waals surface area contributed by atoms with Crippen molar-refractivity contribution in [2.24, 2.45) is 0 Å². The maximum Gasteiger partial charge on any atom is 0.353 e. The SMILES string of the molecule is CCC(C)Nc1ncnc(Nc2cc(Cl)ccc2Cl)c1[N+](=O)[O-]. The van der Waals surface area contributed by atoms with Gasteiger partial charge >= 0.3 is 5.69 Å². The first-order valence-corrected chi connectivity index (χ1v) is 7.66. The van der Waals surface area contributed by atoms with E-state index in [1.54, 1.807) is 18.2 Å². The van der Waals surface area contributed by atoms with Gasteiger partial charge in [0.25, 0.3) is 0 Å². The summed E-state index contributed by atoms with van der Waals surface area (Å²) in [7, 11) is 0. The Balaban J connectivity index is 2.43. The third-order valence-corrected chi connectivity index (χ3v) is 3.75. The second kappa shape index (κ2) is 7.43. The van der Waals surface area contributed by atoms with Crippen LogP contribution in [0.25, 0.3) is 0 Å². The van der Waals surface area contributed by atoms with Crippen molar-refractivity contribution in [1.29, 1.82) is 0 Å². The molecule has 2 rings (SSSR count). The van der Waals surface area contributed by atoms with Gasteiger partial charge in [0.05, 0.1) is 15.6 Å². The van der Waals surface area contributed by atoms with E-state index in [2.05, 4.69) is 20.6 Å². The zero-order valence-electron chi connectivity index (χ0n) is 12.5. The summed E-state index contributed by atoms with van der Waals surface area (Å²) >= 11 is 12.0. The smallest absolute Gasteiger partial charge is 0.353 e. The lowest BCUT2D eigenvalue weighted by Crippen LogP contribution is -2.16. The highest BCUT2D eigenvalue weighted by Crippen LogP contribution is 2.34. The van der Waals surface area contributed by atoms with E-state index < -0.39 is 4.92 Å². The molecule has 0 aliphatic rings. The second-order valence-corrected chi connectivity index (χ2v) is 5.72. The van der Waals surface area contributed by atoms with Crippen LogP contribution in [0.4, 0.5) is 23.0 Å². The Labute approximate surface area is 143 Å². The Morgan fingerprint density at radius 1 is 1.30 bits per heavy atom. The van der Waals surface area contributed by atoms with Gasteiger partial charge in [0.2, 0.25) is 11.6 Å². The van der Waals surface area contributed by atoms with Crippen molar-refractivity contribution < 1.29 is 4.92 Å². The zero-order chi connectivity index (χ0) is 17.0. The van der Waals surface area contributed by atoms with E-state index in [0.29, 0.717) is 15.7 Å². The maximum absolute atomic E-state index is 11.4. The van der Waals surface area contributed by atoms with Crippen LogP contribution < -0.4 is 10.6 Å². The third kappa shape index (κ3) is 4.20. The lowest BCUT2D eigenvalue weighted by Gasteiger charge is -2.14. The first-order chi connectivity index (χ1) is 10.9. The van der Waals surface area contributed by atoms with E-state index in [4.69, 9.17) is 23.2 Å². The fourth-order valence-electron chi connectivity index (χ4n) is 1.81. The van der Waals surface area contributed by atoms with Crippen molar-refractivity contribution in [2.75, 3.05) is 10.6 Å². The van der Waals surface area contributed by atoms with Gasteiger partial charge in [-0.1, -0.05) is 30.1 Å². The van der Waals surface area contributed by atoms with E-state index in [0.717, 1.165) is 6.42 Å². The summed E-state index contributed by atoms with van der Waals surface area (Å²) in [5.74, 6) is 0.194. The van der Waals surface area contributed by atoms with Crippen LogP contribution in [0.1, 0.15) is 20.3 Å². The van der Waals surface area contributed by atoms with Gasteiger partial charge in [0.1, 0.15) is 6.33 Å². The monoisotopic (exact) mass is 355 g/mol. The predicted molar refractivity (Wildman–Crippen MR) is 91.8 cm³/mol. The minimum absolute atomic E-state index is 0.0335. The molecule has 23 heavy (non-hydrogen) atoms. The first-order valence-electron chi connectivity index (χ1n) is 6.90. The molecule has 0 saturated heterocycles. The standard InChI is InChI=1S/C14H15Cl2N5O2/c1-3-8(2)19-13-12(21(22)23)14(18-7-17-13)20-11-6-9(15)4-5-10(11)16/h4-8H,3H2,1-2H3,(H2,17,18,19,20). The van der Waals surface area contributed by atoms with Crippen LogP contribution in [0, 0.1) is 10.1 Å². The average Bonchev–Trinajstić information content (AvgIpc) is 2.50. The van der Waals surface area contributed by atoms with Crippen LogP contribution in [0.15, 0.2) is 24.5 Å². The number of nitrogens with zero attached hydrogens (tertiary/aromatic N) is 3. The molecule has 1 aromatic heterocycles. The summed E-state index contributed by atoms with van der Waals surface area (Å²) in [6.07, 6.45) is 2.04. The lowest BCUT2D eigenvalue weighted by molar-refractivity contribution is -0.383. The van der Waals surface area contributed by atoms with Crippen LogP contribution in [-0.4, -0.2) is 20.9 Å². The van der Waals surface area contributed by atoms with Crippen LogP contribution >= 0.6 is 23.2 Å². The quantitative estimate of drug-likeness (QED) is 0.578. The first kappa shape index (κ1) is 17.2. The minimum atomic E-state index is -0.536. The maximum atomic E-state index is 11.4. The van der Waals surface area contributed by atoms with Crippen LogP contribution in [-0.2, 0) is 0 Å². The van der Waals surface area contributed by atoms with Crippen molar-refractivity contribution in [1.82, 2.24) is 9.97 Å². The summed E-state index contributed by atoms with van der Waals surface area (Å²) < 4.78 is 0. The number of aromatic nitrogens is 2. The molecule has 7 nitrogen and oxygen atoms in total. The van der Waals surface area contributed by atoms with Gasteiger partial charge in [-0.2, -0.15) is 0 Å². The summed E-state index contributed by atoms with van der Waals surface area (Å²) in [6, 6.07) is 4.82. The summed E-state index contributed by atoms with van der Waals surface area (Å²) in [5.41, 5.74) is 0.180. The predicted octanol–water partition coefficient (Wildman–Crippen LogP) is 4.65. The molecule has 0 radical (unpaired) electrons. The summed E-state index contributed by atoms with van der Waals surface area (Å²) in [6.45, 7) is 3.88. The van der Waals surface area contributed by atoms with Gasteiger partial charge in [-0.25, -0.2) is 9.97 Å². The summed E-state index contributed by atoms with van der Waals surface area (Å²) in [5, 5.41) is 18.1. The molecule has 9 heteroatoms. The lowest BCUT2D eigenvalue weighted by atomic mass is 10.2. The molecule has 0 aliphatic carbocycles. The Morgan fingerprint density at radius 2 is 2.00 bits per heavy atom. The molecular weight excluding hydrogens is 341 g/mol. The van der Waals surface area contributed by atoms with Gasteiger partial charge in [-0.3, -0.25) is 10.1 Å². The fraction of sp³-hybridized carbons (Fsp3) is 0.286. The van der Waals surface area contributed by atoms with E-state index >= 15 is 0 Å². The molecular formula is C14H15Cl2N5O2. The van der Waals surface area contributed by atoms with Gasteiger partial charge in [-0.05, 0) is 31.5 Å². The van der Waals surface area contributed by atoms with Gasteiger partial charge < -0.3 is 10.6 Å². The van der Waals surface area contributed by atoms with E-state index in [1.165, 1.54) is 6.33 Å². The summed E-state index contributed by atoms with van der Waals surface area (Å²) in [4.78, 5) is 18.8. The number of halogens is 2. The molecule has 1 unspecified atom stereocenters. The number of nitro groups is 1. The Hall–Kier alpha value is -2.12. The highest BCUT2D eigenvalue weighted by atomic mass is 35.5. The molecule has 2 N–H and O–H groups in total. The van der Waals surface area contributed by atoms with Crippen LogP contribution in [0.2, 0.25) is 10.0 Å². The van der Waals surface area contributed by atoms with E-state index in [-0.39, 0.29) is 23.4 Å². The number of hydrogen-bond donors (Lipinski definition) is 2. The molecule has 0 aliphatic heterocycles. The molecule has 0 bridgehead atoms. The number of nitrogens with one attached hydrogen (secondary N) is 2. The number of benzene rings is 1. The fourth-order valence-corrected chi connectivity index (χ4v) is 2.14. The molecule has 0 amide bonds. The Kier molecular flexibility index (Phi) is 5.57. The van der Waals surface area contributed by atoms with Crippen LogP contribution in [0.5, 0.6) is 0 Å². The molecule has 0 saturated carbocycles. The Bertz CT molecular complexity index is 726. The van der Waals surface area contributed by atoms with Crippen molar-refractivity contribution in [3.63, 3.8) is 0 Å². The minimum Gasteiger partial charge on any atom is -0.362 e. The van der Waals surface area contributed by atoms with Crippen molar-refractivity contribution >= 4 is 46.2 Å². The molecule has 1 atom stereocenters. The van der Waals surface area contributed by atoms with Gasteiger partial charge in [0.15, 0.2) is 0 Å². The number of anilines is 3. The van der Waals surface area contributed by atoms with E-state index in [1.807, 2.05) is 13.8 Å². The van der Waals surface area contributed by atoms with Crippen molar-refractivity contribution in [2.45, 2.75) is 26.3 Å². The van der Waals surface area contributed by atoms with Crippen molar-refractivity contribution in [3.05, 3.63) is 44.7 Å². The van der Waals surface area contributed by atoms with Crippen LogP contribution in [0.3, 0.4) is 0 Å². The molecule has 0 spiro atoms.